The van der Waals surface area contributed by atoms with Gasteiger partial charge in [-0.05, 0) is 29.5 Å². The topological polar surface area (TPSA) is 54.2 Å². The highest BCUT2D eigenvalue weighted by Crippen LogP contribution is 2.13. The molecule has 3 aromatic rings. The summed E-state index contributed by atoms with van der Waals surface area (Å²) in [4.78, 5) is 8.63. The monoisotopic (exact) mass is 503 g/mol. The third kappa shape index (κ3) is 6.88. The van der Waals surface area contributed by atoms with E-state index in [9.17, 15) is 0 Å². The van der Waals surface area contributed by atoms with Gasteiger partial charge in [0, 0.05) is 39.1 Å². The van der Waals surface area contributed by atoms with Crippen LogP contribution in [0, 0.1) is 6.92 Å². The maximum Gasteiger partial charge on any atom is 0.191 e. The molecule has 0 saturated carbocycles. The molecule has 154 valence electrons. The quantitative estimate of drug-likeness (QED) is 0.287. The molecule has 2 N–H and O–H groups in total. The van der Waals surface area contributed by atoms with Gasteiger partial charge >= 0.3 is 0 Å². The average molecular weight is 503 g/mol. The van der Waals surface area contributed by atoms with Crippen LogP contribution in [0.1, 0.15) is 35.4 Å². The molecule has 5 nitrogen and oxygen atoms in total. The van der Waals surface area contributed by atoms with E-state index in [-0.39, 0.29) is 24.0 Å². The van der Waals surface area contributed by atoms with Crippen LogP contribution in [0.25, 0.3) is 0 Å². The van der Waals surface area contributed by atoms with Crippen molar-refractivity contribution in [2.45, 2.75) is 32.9 Å². The number of aliphatic imine (C=N–C) groups is 1. The van der Waals surface area contributed by atoms with Gasteiger partial charge in [-0.15, -0.1) is 24.0 Å². The van der Waals surface area contributed by atoms with Crippen molar-refractivity contribution in [3.8, 4) is 0 Å². The van der Waals surface area contributed by atoms with Gasteiger partial charge in [-0.25, -0.2) is 4.98 Å². The van der Waals surface area contributed by atoms with Gasteiger partial charge < -0.3 is 15.2 Å². The molecule has 3 rings (SSSR count). The standard InChI is InChI=1S/C23H29N5.HI/c1-18(22-10-5-4-6-11-22)15-26-23(24-3)27-16-20-8-7-9-21(14-20)17-28-13-12-25-19(28)2;/h4-14,18H,15-17H2,1-3H3,(H2,24,26,27);1H. The van der Waals surface area contributed by atoms with Crippen LogP contribution in [0.4, 0.5) is 0 Å². The zero-order valence-corrected chi connectivity index (χ0v) is 19.6. The minimum absolute atomic E-state index is 0. The SMILES string of the molecule is CN=C(NCc1cccc(Cn2ccnc2C)c1)NCC(C)c1ccccc1.I. The minimum atomic E-state index is 0. The lowest BCUT2D eigenvalue weighted by molar-refractivity contribution is 0.698. The molecule has 0 aliphatic carbocycles. The molecule has 2 aromatic carbocycles. The summed E-state index contributed by atoms with van der Waals surface area (Å²) in [6.45, 7) is 6.65. The van der Waals surface area contributed by atoms with Crippen molar-refractivity contribution in [1.29, 1.82) is 0 Å². The Morgan fingerprint density at radius 1 is 1.07 bits per heavy atom. The molecule has 29 heavy (non-hydrogen) atoms. The van der Waals surface area contributed by atoms with E-state index in [1.807, 2.05) is 25.4 Å². The third-order valence-corrected chi connectivity index (χ3v) is 4.90. The molecule has 1 atom stereocenters. The molecule has 1 unspecified atom stereocenters. The third-order valence-electron chi connectivity index (χ3n) is 4.90. The first kappa shape index (κ1) is 22.9. The average Bonchev–Trinajstić information content (AvgIpc) is 3.13. The number of nitrogens with one attached hydrogen (secondary N) is 2. The van der Waals surface area contributed by atoms with Gasteiger partial charge in [-0.1, -0.05) is 61.5 Å². The van der Waals surface area contributed by atoms with Crippen LogP contribution in [0.2, 0.25) is 0 Å². The number of nitrogens with zero attached hydrogens (tertiary/aromatic N) is 3. The molecule has 0 aliphatic rings. The maximum atomic E-state index is 4.35. The van der Waals surface area contributed by atoms with E-state index in [4.69, 9.17) is 0 Å². The fourth-order valence-electron chi connectivity index (χ4n) is 3.16. The Kier molecular flexibility index (Phi) is 9.18. The molecule has 6 heteroatoms. The van der Waals surface area contributed by atoms with Gasteiger partial charge in [-0.2, -0.15) is 0 Å². The van der Waals surface area contributed by atoms with Gasteiger partial charge in [0.15, 0.2) is 5.96 Å². The fourth-order valence-corrected chi connectivity index (χ4v) is 3.16. The Morgan fingerprint density at radius 3 is 2.52 bits per heavy atom. The molecular weight excluding hydrogens is 473 g/mol. The molecule has 0 fully saturated rings. The number of benzene rings is 2. The van der Waals surface area contributed by atoms with Crippen molar-refractivity contribution in [3.05, 3.63) is 89.5 Å². The van der Waals surface area contributed by atoms with E-state index in [0.717, 1.165) is 31.4 Å². The number of hydrogen-bond donors (Lipinski definition) is 2. The lowest BCUT2D eigenvalue weighted by Crippen LogP contribution is -2.38. The summed E-state index contributed by atoms with van der Waals surface area (Å²) in [6.07, 6.45) is 3.85. The number of imidazole rings is 1. The summed E-state index contributed by atoms with van der Waals surface area (Å²) in [5, 5.41) is 6.83. The molecule has 0 aliphatic heterocycles. The Morgan fingerprint density at radius 2 is 1.83 bits per heavy atom. The Balaban J connectivity index is 0.00000300. The lowest BCUT2D eigenvalue weighted by Gasteiger charge is -2.16. The van der Waals surface area contributed by atoms with Gasteiger partial charge in [0.05, 0.1) is 0 Å². The van der Waals surface area contributed by atoms with Crippen LogP contribution in [0.5, 0.6) is 0 Å². The summed E-state index contributed by atoms with van der Waals surface area (Å²) in [5.41, 5.74) is 3.82. The van der Waals surface area contributed by atoms with Crippen molar-refractivity contribution in [2.75, 3.05) is 13.6 Å². The van der Waals surface area contributed by atoms with Crippen molar-refractivity contribution in [3.63, 3.8) is 0 Å². The van der Waals surface area contributed by atoms with Crippen LogP contribution in [-0.2, 0) is 13.1 Å². The second-order valence-corrected chi connectivity index (χ2v) is 7.04. The summed E-state index contributed by atoms with van der Waals surface area (Å²) >= 11 is 0. The number of guanidine groups is 1. The molecule has 0 bridgehead atoms. The zero-order valence-electron chi connectivity index (χ0n) is 17.3. The molecule has 1 heterocycles. The van der Waals surface area contributed by atoms with Crippen molar-refractivity contribution >= 4 is 29.9 Å². The van der Waals surface area contributed by atoms with Crippen molar-refractivity contribution in [1.82, 2.24) is 20.2 Å². The van der Waals surface area contributed by atoms with Gasteiger partial charge in [0.1, 0.15) is 5.82 Å². The van der Waals surface area contributed by atoms with E-state index in [1.54, 1.807) is 7.05 Å². The van der Waals surface area contributed by atoms with Crippen molar-refractivity contribution in [2.24, 2.45) is 4.99 Å². The second-order valence-electron chi connectivity index (χ2n) is 7.04. The summed E-state index contributed by atoms with van der Waals surface area (Å²) in [7, 11) is 1.81. The lowest BCUT2D eigenvalue weighted by atomic mass is 10.0. The van der Waals surface area contributed by atoms with E-state index in [1.165, 1.54) is 16.7 Å². The molecule has 0 spiro atoms. The van der Waals surface area contributed by atoms with Gasteiger partial charge in [-0.3, -0.25) is 4.99 Å². The van der Waals surface area contributed by atoms with Crippen LogP contribution in [0.15, 0.2) is 72.0 Å². The van der Waals surface area contributed by atoms with E-state index < -0.39 is 0 Å². The predicted molar refractivity (Wildman–Crippen MR) is 131 cm³/mol. The first-order valence-electron chi connectivity index (χ1n) is 9.70. The maximum absolute atomic E-state index is 4.35. The first-order valence-corrected chi connectivity index (χ1v) is 9.70. The molecule has 0 saturated heterocycles. The minimum Gasteiger partial charge on any atom is -0.356 e. The first-order chi connectivity index (χ1) is 13.7. The largest absolute Gasteiger partial charge is 0.356 e. The Labute approximate surface area is 190 Å². The second kappa shape index (κ2) is 11.6. The van der Waals surface area contributed by atoms with E-state index in [2.05, 4.69) is 80.6 Å². The smallest absolute Gasteiger partial charge is 0.191 e. The highest BCUT2D eigenvalue weighted by Gasteiger charge is 2.06. The zero-order chi connectivity index (χ0) is 19.8. The molecule has 1 aromatic heterocycles. The fraction of sp³-hybridized carbons (Fsp3) is 0.304. The predicted octanol–water partition coefficient (Wildman–Crippen LogP) is 4.33. The van der Waals surface area contributed by atoms with Crippen LogP contribution >= 0.6 is 24.0 Å². The molecule has 0 radical (unpaired) electrons. The normalized spacial score (nSPS) is 12.2. The molecule has 0 amide bonds. The van der Waals surface area contributed by atoms with Crippen LogP contribution in [-0.4, -0.2) is 29.1 Å². The number of halogens is 1. The summed E-state index contributed by atoms with van der Waals surface area (Å²) < 4.78 is 2.15. The Bertz CT molecular complexity index is 904. The van der Waals surface area contributed by atoms with E-state index in [0.29, 0.717) is 5.92 Å². The van der Waals surface area contributed by atoms with E-state index >= 15 is 0 Å². The van der Waals surface area contributed by atoms with Crippen LogP contribution in [0.3, 0.4) is 0 Å². The number of aryl methyl sites for hydroxylation is 1. The molecular formula is C23H30IN5. The van der Waals surface area contributed by atoms with Crippen molar-refractivity contribution < 1.29 is 0 Å². The van der Waals surface area contributed by atoms with Gasteiger partial charge in [0.25, 0.3) is 0 Å². The number of hydrogen-bond acceptors (Lipinski definition) is 2. The highest BCUT2D eigenvalue weighted by atomic mass is 127. The summed E-state index contributed by atoms with van der Waals surface area (Å²) in [6, 6.07) is 19.2. The summed E-state index contributed by atoms with van der Waals surface area (Å²) in [5.74, 6) is 2.26. The number of aromatic nitrogens is 2. The Hall–Kier alpha value is -2.35. The van der Waals surface area contributed by atoms with Crippen LogP contribution < -0.4 is 10.6 Å². The number of rotatable bonds is 7. The highest BCUT2D eigenvalue weighted by molar-refractivity contribution is 14.0. The van der Waals surface area contributed by atoms with Gasteiger partial charge in [0.2, 0.25) is 0 Å².